The van der Waals surface area contributed by atoms with Gasteiger partial charge < -0.3 is 10.6 Å². The Balaban J connectivity index is 1.61. The van der Waals surface area contributed by atoms with Crippen molar-refractivity contribution in [3.63, 3.8) is 0 Å². The van der Waals surface area contributed by atoms with Crippen molar-refractivity contribution in [2.75, 3.05) is 5.32 Å². The number of carbonyl (C=O) groups is 2. The van der Waals surface area contributed by atoms with Crippen LogP contribution in [0.15, 0.2) is 71.5 Å². The van der Waals surface area contributed by atoms with Gasteiger partial charge >= 0.3 is 0 Å². The second kappa shape index (κ2) is 9.65. The normalized spacial score (nSPS) is 10.6. The first-order valence-corrected chi connectivity index (χ1v) is 9.72. The molecule has 0 atom stereocenters. The summed E-state index contributed by atoms with van der Waals surface area (Å²) >= 11 is 0. The zero-order chi connectivity index (χ0) is 21.5. The Labute approximate surface area is 174 Å². The third kappa shape index (κ3) is 5.64. The molecule has 0 aliphatic carbocycles. The molecule has 3 aromatic rings. The second-order valence-electron chi connectivity index (χ2n) is 7.22. The predicted molar refractivity (Wildman–Crippen MR) is 115 cm³/mol. The van der Waals surface area contributed by atoms with E-state index in [0.29, 0.717) is 18.8 Å². The molecule has 0 aliphatic heterocycles. The summed E-state index contributed by atoms with van der Waals surface area (Å²) in [6.45, 7) is 4.26. The highest BCUT2D eigenvalue weighted by molar-refractivity contribution is 5.92. The molecule has 2 aromatic carbocycles. The van der Waals surface area contributed by atoms with Crippen molar-refractivity contribution in [2.24, 2.45) is 5.92 Å². The average Bonchev–Trinajstić information content (AvgIpc) is 2.75. The van der Waals surface area contributed by atoms with Crippen LogP contribution in [0.1, 0.15) is 35.5 Å². The van der Waals surface area contributed by atoms with E-state index in [0.717, 1.165) is 11.1 Å². The number of amides is 2. The Bertz CT molecular complexity index is 1070. The van der Waals surface area contributed by atoms with E-state index in [2.05, 4.69) is 15.7 Å². The van der Waals surface area contributed by atoms with Crippen LogP contribution in [0.4, 0.5) is 5.69 Å². The van der Waals surface area contributed by atoms with Crippen molar-refractivity contribution < 1.29 is 9.59 Å². The lowest BCUT2D eigenvalue weighted by atomic mass is 10.1. The van der Waals surface area contributed by atoms with E-state index in [9.17, 15) is 14.4 Å². The number of carbonyl (C=O) groups excluding carboxylic acids is 2. The van der Waals surface area contributed by atoms with E-state index in [4.69, 9.17) is 0 Å². The number of aromatic nitrogens is 2. The smallest absolute Gasteiger partial charge is 0.271 e. The minimum absolute atomic E-state index is 0.0484. The first-order chi connectivity index (χ1) is 14.4. The maximum Gasteiger partial charge on any atom is 0.271 e. The summed E-state index contributed by atoms with van der Waals surface area (Å²) in [5.74, 6) is -0.511. The highest BCUT2D eigenvalue weighted by Gasteiger charge is 2.10. The number of rotatable bonds is 7. The largest absolute Gasteiger partial charge is 0.347 e. The number of nitrogens with one attached hydrogen (secondary N) is 2. The molecule has 154 valence electrons. The van der Waals surface area contributed by atoms with Crippen LogP contribution in [0.3, 0.4) is 0 Å². The highest BCUT2D eigenvalue weighted by atomic mass is 16.2. The number of nitrogens with zero attached hydrogens (tertiary/aromatic N) is 2. The van der Waals surface area contributed by atoms with Crippen LogP contribution in [0, 0.1) is 5.92 Å². The van der Waals surface area contributed by atoms with Gasteiger partial charge in [-0.2, -0.15) is 5.10 Å². The van der Waals surface area contributed by atoms with Crippen LogP contribution in [-0.4, -0.2) is 21.6 Å². The molecule has 7 heteroatoms. The minimum atomic E-state index is -0.367. The van der Waals surface area contributed by atoms with Gasteiger partial charge in [0, 0.05) is 24.2 Å². The molecule has 0 saturated heterocycles. The zero-order valence-electron chi connectivity index (χ0n) is 17.0. The summed E-state index contributed by atoms with van der Waals surface area (Å²) in [6, 6.07) is 19.5. The van der Waals surface area contributed by atoms with Gasteiger partial charge in [-0.05, 0) is 29.3 Å². The predicted octanol–water partition coefficient (Wildman–Crippen LogP) is 2.82. The van der Waals surface area contributed by atoms with Gasteiger partial charge in [0.1, 0.15) is 5.69 Å². The Hall–Kier alpha value is -3.74. The summed E-state index contributed by atoms with van der Waals surface area (Å²) in [5.41, 5.74) is 2.41. The maximum absolute atomic E-state index is 12.5. The van der Waals surface area contributed by atoms with Crippen molar-refractivity contribution in [2.45, 2.75) is 26.9 Å². The van der Waals surface area contributed by atoms with Crippen LogP contribution < -0.4 is 16.2 Å². The molecule has 0 aliphatic rings. The molecule has 0 spiro atoms. The van der Waals surface area contributed by atoms with Crippen LogP contribution in [0.2, 0.25) is 0 Å². The van der Waals surface area contributed by atoms with E-state index in [1.807, 2.05) is 56.3 Å². The molecule has 0 unspecified atom stereocenters. The summed E-state index contributed by atoms with van der Waals surface area (Å²) in [5, 5.41) is 9.81. The Morgan fingerprint density at radius 1 is 0.933 bits per heavy atom. The molecule has 2 N–H and O–H groups in total. The standard InChI is InChI=1S/C23H24N4O3/c1-16(2)22(29)25-19-10-8-17(9-11-19)14-24-23(30)20-12-13-21(28)27(26-20)15-18-6-4-3-5-7-18/h3-13,16H,14-15H2,1-2H3,(H,24,30)(H,25,29). The average molecular weight is 404 g/mol. The molecule has 0 bridgehead atoms. The molecular formula is C23H24N4O3. The van der Waals surface area contributed by atoms with E-state index in [1.54, 1.807) is 12.1 Å². The van der Waals surface area contributed by atoms with Gasteiger partial charge in [0.05, 0.1) is 6.54 Å². The summed E-state index contributed by atoms with van der Waals surface area (Å²) < 4.78 is 1.27. The molecule has 0 saturated carbocycles. The molecular weight excluding hydrogens is 380 g/mol. The number of anilines is 1. The molecule has 0 fully saturated rings. The molecule has 3 rings (SSSR count). The van der Waals surface area contributed by atoms with Crippen LogP contribution in [0.25, 0.3) is 0 Å². The lowest BCUT2D eigenvalue weighted by Gasteiger charge is -2.10. The van der Waals surface area contributed by atoms with E-state index in [-0.39, 0.29) is 29.0 Å². The molecule has 1 aromatic heterocycles. The third-order valence-corrected chi connectivity index (χ3v) is 4.47. The van der Waals surface area contributed by atoms with Crippen molar-refractivity contribution in [3.8, 4) is 0 Å². The molecule has 0 radical (unpaired) electrons. The fourth-order valence-corrected chi connectivity index (χ4v) is 2.71. The number of hydrogen-bond acceptors (Lipinski definition) is 4. The van der Waals surface area contributed by atoms with Crippen LogP contribution in [-0.2, 0) is 17.9 Å². The first-order valence-electron chi connectivity index (χ1n) is 9.72. The quantitative estimate of drug-likeness (QED) is 0.633. The third-order valence-electron chi connectivity index (χ3n) is 4.47. The lowest BCUT2D eigenvalue weighted by Crippen LogP contribution is -2.29. The fraction of sp³-hybridized carbons (Fsp3) is 0.217. The van der Waals surface area contributed by atoms with Gasteiger partial charge in [0.15, 0.2) is 0 Å². The van der Waals surface area contributed by atoms with Crippen molar-refractivity contribution in [1.29, 1.82) is 0 Å². The summed E-state index contributed by atoms with van der Waals surface area (Å²) in [4.78, 5) is 36.3. The number of hydrogen-bond donors (Lipinski definition) is 2. The summed E-state index contributed by atoms with van der Waals surface area (Å²) in [7, 11) is 0. The maximum atomic E-state index is 12.5. The first kappa shape index (κ1) is 21.0. The molecule has 1 heterocycles. The monoisotopic (exact) mass is 404 g/mol. The number of benzene rings is 2. The van der Waals surface area contributed by atoms with Gasteiger partial charge in [-0.1, -0.05) is 56.3 Å². The van der Waals surface area contributed by atoms with E-state index in [1.165, 1.54) is 16.8 Å². The molecule has 2 amide bonds. The lowest BCUT2D eigenvalue weighted by molar-refractivity contribution is -0.118. The Kier molecular flexibility index (Phi) is 6.75. The zero-order valence-corrected chi connectivity index (χ0v) is 17.0. The van der Waals surface area contributed by atoms with Crippen LogP contribution >= 0.6 is 0 Å². The fourth-order valence-electron chi connectivity index (χ4n) is 2.71. The van der Waals surface area contributed by atoms with Gasteiger partial charge in [-0.25, -0.2) is 4.68 Å². The molecule has 7 nitrogen and oxygen atoms in total. The van der Waals surface area contributed by atoms with Gasteiger partial charge in [0.25, 0.3) is 11.5 Å². The second-order valence-corrected chi connectivity index (χ2v) is 7.22. The van der Waals surface area contributed by atoms with Crippen molar-refractivity contribution in [3.05, 3.63) is 93.9 Å². The highest BCUT2D eigenvalue weighted by Crippen LogP contribution is 2.11. The minimum Gasteiger partial charge on any atom is -0.347 e. The van der Waals surface area contributed by atoms with Gasteiger partial charge in [-0.3, -0.25) is 14.4 Å². The van der Waals surface area contributed by atoms with E-state index >= 15 is 0 Å². The Morgan fingerprint density at radius 3 is 2.30 bits per heavy atom. The summed E-state index contributed by atoms with van der Waals surface area (Å²) in [6.07, 6.45) is 0. The topological polar surface area (TPSA) is 93.1 Å². The van der Waals surface area contributed by atoms with Gasteiger partial charge in [0.2, 0.25) is 5.91 Å². The Morgan fingerprint density at radius 2 is 1.63 bits per heavy atom. The van der Waals surface area contributed by atoms with Gasteiger partial charge in [-0.15, -0.1) is 0 Å². The SMILES string of the molecule is CC(C)C(=O)Nc1ccc(CNC(=O)c2ccc(=O)n(Cc3ccccc3)n2)cc1. The van der Waals surface area contributed by atoms with Crippen LogP contribution in [0.5, 0.6) is 0 Å². The van der Waals surface area contributed by atoms with Crippen molar-refractivity contribution >= 4 is 17.5 Å². The van der Waals surface area contributed by atoms with Crippen molar-refractivity contribution in [1.82, 2.24) is 15.1 Å². The van der Waals surface area contributed by atoms with E-state index < -0.39 is 0 Å². The molecule has 30 heavy (non-hydrogen) atoms.